The summed E-state index contributed by atoms with van der Waals surface area (Å²) in [6.45, 7) is 1.17. The standard InChI is InChI=1S/C22H22N2O3S3/c1-30(26,27)24-10-2-4-15-14-16(6-7-18(15)24)22(25)23-11-8-19-17(9-13-29-19)21(23)20-5-3-12-28-20/h3,5-7,9,12-14,21H,2,4,8,10-11H2,1H3/t21-/m1/s1. The van der Waals surface area contributed by atoms with Gasteiger partial charge < -0.3 is 4.90 Å². The van der Waals surface area contributed by atoms with Gasteiger partial charge in [0.15, 0.2) is 0 Å². The molecule has 0 saturated carbocycles. The highest BCUT2D eigenvalue weighted by Crippen LogP contribution is 2.40. The number of fused-ring (bicyclic) bond motifs is 2. The van der Waals surface area contributed by atoms with Gasteiger partial charge in [-0.15, -0.1) is 22.7 Å². The van der Waals surface area contributed by atoms with Crippen molar-refractivity contribution in [1.29, 1.82) is 0 Å². The molecule has 0 aliphatic carbocycles. The summed E-state index contributed by atoms with van der Waals surface area (Å²) < 4.78 is 25.7. The van der Waals surface area contributed by atoms with E-state index < -0.39 is 10.0 Å². The Morgan fingerprint density at radius 1 is 1.07 bits per heavy atom. The van der Waals surface area contributed by atoms with Gasteiger partial charge >= 0.3 is 0 Å². The van der Waals surface area contributed by atoms with Crippen LogP contribution in [0.1, 0.15) is 43.7 Å². The molecule has 0 saturated heterocycles. The predicted octanol–water partition coefficient (Wildman–Crippen LogP) is 4.31. The van der Waals surface area contributed by atoms with Crippen molar-refractivity contribution in [2.75, 3.05) is 23.7 Å². The fraction of sp³-hybridized carbons (Fsp3) is 0.318. The summed E-state index contributed by atoms with van der Waals surface area (Å²) in [7, 11) is -3.32. The first kappa shape index (κ1) is 19.8. The van der Waals surface area contributed by atoms with Crippen LogP contribution in [0.2, 0.25) is 0 Å². The summed E-state index contributed by atoms with van der Waals surface area (Å²) in [6, 6.07) is 11.7. The van der Waals surface area contributed by atoms with Crippen LogP contribution in [0.4, 0.5) is 5.69 Å². The first-order valence-corrected chi connectivity index (χ1v) is 13.6. The van der Waals surface area contributed by atoms with Crippen molar-refractivity contribution >= 4 is 44.3 Å². The van der Waals surface area contributed by atoms with Gasteiger partial charge in [0.1, 0.15) is 0 Å². The average Bonchev–Trinajstić information content (AvgIpc) is 3.42. The molecule has 30 heavy (non-hydrogen) atoms. The molecule has 4 heterocycles. The van der Waals surface area contributed by atoms with Crippen LogP contribution in [-0.2, 0) is 22.9 Å². The lowest BCUT2D eigenvalue weighted by molar-refractivity contribution is 0.0698. The summed E-state index contributed by atoms with van der Waals surface area (Å²) >= 11 is 3.44. The lowest BCUT2D eigenvalue weighted by Gasteiger charge is -2.36. The van der Waals surface area contributed by atoms with Gasteiger partial charge in [0.05, 0.1) is 18.0 Å². The van der Waals surface area contributed by atoms with E-state index in [0.717, 1.165) is 24.8 Å². The van der Waals surface area contributed by atoms with E-state index in [0.29, 0.717) is 24.3 Å². The molecular formula is C22H22N2O3S3. The predicted molar refractivity (Wildman–Crippen MR) is 122 cm³/mol. The van der Waals surface area contributed by atoms with Gasteiger partial charge in [-0.05, 0) is 71.5 Å². The zero-order chi connectivity index (χ0) is 20.9. The first-order valence-electron chi connectivity index (χ1n) is 9.95. The molecule has 0 N–H and O–H groups in total. The molecule has 1 atom stereocenters. The third kappa shape index (κ3) is 3.36. The number of thiophene rings is 2. The van der Waals surface area contributed by atoms with Crippen molar-refractivity contribution in [2.24, 2.45) is 0 Å². The Morgan fingerprint density at radius 3 is 2.70 bits per heavy atom. The van der Waals surface area contributed by atoms with Crippen LogP contribution in [0.3, 0.4) is 0 Å². The van der Waals surface area contributed by atoms with Gasteiger partial charge in [0, 0.05) is 28.4 Å². The second-order valence-electron chi connectivity index (χ2n) is 7.75. The van der Waals surface area contributed by atoms with Crippen molar-refractivity contribution in [3.8, 4) is 0 Å². The van der Waals surface area contributed by atoms with Crippen molar-refractivity contribution in [3.05, 3.63) is 73.6 Å². The van der Waals surface area contributed by atoms with Crippen molar-refractivity contribution < 1.29 is 13.2 Å². The Balaban J connectivity index is 1.52. The fourth-order valence-electron chi connectivity index (χ4n) is 4.49. The lowest BCUT2D eigenvalue weighted by atomic mass is 9.96. The number of anilines is 1. The normalized spacial score (nSPS) is 18.8. The van der Waals surface area contributed by atoms with Gasteiger partial charge in [-0.3, -0.25) is 9.10 Å². The monoisotopic (exact) mass is 458 g/mol. The third-order valence-corrected chi connectivity index (χ3v) is 8.94. The number of rotatable bonds is 3. The molecule has 0 radical (unpaired) electrons. The second-order valence-corrected chi connectivity index (χ2v) is 11.6. The molecule has 1 amide bonds. The van der Waals surface area contributed by atoms with Crippen LogP contribution in [0.5, 0.6) is 0 Å². The molecule has 0 spiro atoms. The fourth-order valence-corrected chi connectivity index (χ4v) is 7.25. The minimum Gasteiger partial charge on any atom is -0.326 e. The smallest absolute Gasteiger partial charge is 0.254 e. The number of carbonyl (C=O) groups is 1. The molecule has 5 rings (SSSR count). The molecule has 1 aromatic carbocycles. The highest BCUT2D eigenvalue weighted by molar-refractivity contribution is 7.92. The van der Waals surface area contributed by atoms with E-state index in [1.807, 2.05) is 17.0 Å². The molecule has 8 heteroatoms. The summed E-state index contributed by atoms with van der Waals surface area (Å²) in [5.41, 5.74) is 3.49. The molecule has 0 bridgehead atoms. The van der Waals surface area contributed by atoms with E-state index in [1.165, 1.54) is 25.9 Å². The number of nitrogens with zero attached hydrogens (tertiary/aromatic N) is 2. The Bertz CT molecular complexity index is 1200. The maximum absolute atomic E-state index is 13.6. The number of amides is 1. The summed E-state index contributed by atoms with van der Waals surface area (Å²) in [5, 5.41) is 4.16. The van der Waals surface area contributed by atoms with E-state index in [1.54, 1.807) is 34.8 Å². The lowest BCUT2D eigenvalue weighted by Crippen LogP contribution is -2.40. The zero-order valence-electron chi connectivity index (χ0n) is 16.6. The minimum absolute atomic E-state index is 0.00419. The van der Waals surface area contributed by atoms with E-state index in [9.17, 15) is 13.2 Å². The molecule has 0 unspecified atom stereocenters. The van der Waals surface area contributed by atoms with Crippen molar-refractivity contribution in [3.63, 3.8) is 0 Å². The number of benzene rings is 1. The SMILES string of the molecule is CS(=O)(=O)N1CCCc2cc(C(=O)N3CCc4sccc4[C@@H]3c3cccs3)ccc21. The third-order valence-electron chi connectivity index (χ3n) is 5.84. The van der Waals surface area contributed by atoms with Gasteiger partial charge in [-0.1, -0.05) is 6.07 Å². The highest BCUT2D eigenvalue weighted by atomic mass is 32.2. The number of sulfonamides is 1. The summed E-state index contributed by atoms with van der Waals surface area (Å²) in [6.07, 6.45) is 3.65. The average molecular weight is 459 g/mol. The van der Waals surface area contributed by atoms with Crippen LogP contribution in [-0.4, -0.2) is 38.6 Å². The van der Waals surface area contributed by atoms with Crippen LogP contribution in [0.25, 0.3) is 0 Å². The van der Waals surface area contributed by atoms with Crippen LogP contribution in [0, 0.1) is 0 Å². The van der Waals surface area contributed by atoms with Gasteiger partial charge in [-0.25, -0.2) is 8.42 Å². The molecule has 2 aliphatic rings. The van der Waals surface area contributed by atoms with Gasteiger partial charge in [-0.2, -0.15) is 0 Å². The Kier molecular flexibility index (Phi) is 4.95. The molecule has 2 aliphatic heterocycles. The Morgan fingerprint density at radius 2 is 1.93 bits per heavy atom. The quantitative estimate of drug-likeness (QED) is 0.588. The topological polar surface area (TPSA) is 57.7 Å². The summed E-state index contributed by atoms with van der Waals surface area (Å²) in [5.74, 6) is 0.00419. The van der Waals surface area contributed by atoms with E-state index >= 15 is 0 Å². The van der Waals surface area contributed by atoms with Crippen molar-refractivity contribution in [2.45, 2.75) is 25.3 Å². The largest absolute Gasteiger partial charge is 0.326 e. The number of hydrogen-bond acceptors (Lipinski definition) is 5. The molecule has 0 fully saturated rings. The number of aryl methyl sites for hydroxylation is 1. The number of hydrogen-bond donors (Lipinski definition) is 0. The maximum Gasteiger partial charge on any atom is 0.254 e. The summed E-state index contributed by atoms with van der Waals surface area (Å²) in [4.78, 5) is 18.1. The molecule has 3 aromatic rings. The van der Waals surface area contributed by atoms with Crippen LogP contribution < -0.4 is 4.31 Å². The first-order chi connectivity index (χ1) is 14.4. The van der Waals surface area contributed by atoms with Gasteiger partial charge in [0.25, 0.3) is 5.91 Å². The van der Waals surface area contributed by atoms with E-state index in [4.69, 9.17) is 0 Å². The molecular weight excluding hydrogens is 436 g/mol. The second kappa shape index (κ2) is 7.51. The minimum atomic E-state index is -3.32. The Hall–Kier alpha value is -2.16. The van der Waals surface area contributed by atoms with E-state index in [2.05, 4.69) is 22.9 Å². The highest BCUT2D eigenvalue weighted by Gasteiger charge is 2.34. The molecule has 5 nitrogen and oxygen atoms in total. The van der Waals surface area contributed by atoms with Crippen LogP contribution in [0.15, 0.2) is 47.2 Å². The van der Waals surface area contributed by atoms with Crippen molar-refractivity contribution in [1.82, 2.24) is 4.90 Å². The molecule has 156 valence electrons. The maximum atomic E-state index is 13.6. The molecule has 2 aromatic heterocycles. The Labute approximate surface area is 184 Å². The van der Waals surface area contributed by atoms with E-state index in [-0.39, 0.29) is 11.9 Å². The number of carbonyl (C=O) groups excluding carboxylic acids is 1. The van der Waals surface area contributed by atoms with Gasteiger partial charge in [0.2, 0.25) is 10.0 Å². The van der Waals surface area contributed by atoms with Crippen LogP contribution >= 0.6 is 22.7 Å². The zero-order valence-corrected chi connectivity index (χ0v) is 19.0.